The Morgan fingerprint density at radius 3 is 2.65 bits per heavy atom. The number of aryl methyl sites for hydroxylation is 1. The van der Waals surface area contributed by atoms with Crippen LogP contribution in [0.1, 0.15) is 5.56 Å². The van der Waals surface area contributed by atoms with Crippen molar-refractivity contribution in [3.05, 3.63) is 41.3 Å². The quantitative estimate of drug-likeness (QED) is 0.870. The summed E-state index contributed by atoms with van der Waals surface area (Å²) in [5.41, 5.74) is 0.723. The van der Waals surface area contributed by atoms with Crippen LogP contribution in [0.25, 0.3) is 0 Å². The van der Waals surface area contributed by atoms with E-state index in [1.165, 1.54) is 18.2 Å². The van der Waals surface area contributed by atoms with E-state index in [0.717, 1.165) is 16.9 Å². The molecule has 0 radical (unpaired) electrons. The van der Waals surface area contributed by atoms with Crippen molar-refractivity contribution in [3.63, 3.8) is 0 Å². The third-order valence-electron chi connectivity index (χ3n) is 1.98. The van der Waals surface area contributed by atoms with E-state index in [1.54, 1.807) is 24.4 Å². The molecule has 0 unspecified atom stereocenters. The van der Waals surface area contributed by atoms with Crippen molar-refractivity contribution < 1.29 is 17.7 Å². The summed E-state index contributed by atoms with van der Waals surface area (Å²) >= 11 is 1.08. The van der Waals surface area contributed by atoms with Crippen LogP contribution in [-0.2, 0) is 10.1 Å². The lowest BCUT2D eigenvalue weighted by Crippen LogP contribution is -2.07. The highest BCUT2D eigenvalue weighted by Crippen LogP contribution is 2.26. The molecule has 0 saturated heterocycles. The minimum Gasteiger partial charge on any atom is -0.508 e. The number of phenolic OH excluding ortho intramolecular Hbond substituents is 1. The molecular weight excluding hydrogens is 260 g/mol. The number of thiophene rings is 1. The molecule has 17 heavy (non-hydrogen) atoms. The summed E-state index contributed by atoms with van der Waals surface area (Å²) in [6.07, 6.45) is 0. The summed E-state index contributed by atoms with van der Waals surface area (Å²) in [6, 6.07) is 7.43. The van der Waals surface area contributed by atoms with E-state index < -0.39 is 10.1 Å². The van der Waals surface area contributed by atoms with Crippen LogP contribution < -0.4 is 4.18 Å². The van der Waals surface area contributed by atoms with Gasteiger partial charge in [-0.2, -0.15) is 8.42 Å². The molecule has 2 aromatic rings. The Morgan fingerprint density at radius 1 is 1.29 bits per heavy atom. The highest BCUT2D eigenvalue weighted by Gasteiger charge is 2.17. The molecule has 0 aliphatic carbocycles. The predicted octanol–water partition coefficient (Wildman–Crippen LogP) is 2.53. The Labute approximate surface area is 103 Å². The van der Waals surface area contributed by atoms with Crippen molar-refractivity contribution in [2.45, 2.75) is 11.1 Å². The molecule has 4 nitrogen and oxygen atoms in total. The van der Waals surface area contributed by atoms with Gasteiger partial charge in [-0.1, -0.05) is 6.07 Å². The first kappa shape index (κ1) is 11.9. The first-order valence-electron chi connectivity index (χ1n) is 4.76. The molecule has 1 heterocycles. The van der Waals surface area contributed by atoms with Crippen molar-refractivity contribution in [1.29, 1.82) is 0 Å². The molecule has 1 aromatic heterocycles. The average molecular weight is 270 g/mol. The van der Waals surface area contributed by atoms with Crippen LogP contribution in [0.2, 0.25) is 0 Å². The zero-order valence-corrected chi connectivity index (χ0v) is 10.6. The third kappa shape index (κ3) is 2.78. The van der Waals surface area contributed by atoms with Crippen LogP contribution in [0.3, 0.4) is 0 Å². The maximum atomic E-state index is 11.8. The van der Waals surface area contributed by atoms with Gasteiger partial charge in [0, 0.05) is 6.07 Å². The summed E-state index contributed by atoms with van der Waals surface area (Å²) in [7, 11) is -3.80. The standard InChI is InChI=1S/C11H10O4S2/c1-8-5-9(12)7-10(6-8)15-17(13,14)11-3-2-4-16-11/h2-7,12H,1H3. The summed E-state index contributed by atoms with van der Waals surface area (Å²) in [6.45, 7) is 1.74. The lowest BCUT2D eigenvalue weighted by molar-refractivity contribution is 0.463. The van der Waals surface area contributed by atoms with E-state index in [2.05, 4.69) is 0 Å². The van der Waals surface area contributed by atoms with E-state index in [4.69, 9.17) is 4.18 Å². The molecule has 2 rings (SSSR count). The van der Waals surface area contributed by atoms with E-state index in [-0.39, 0.29) is 15.7 Å². The van der Waals surface area contributed by atoms with Crippen LogP contribution in [0.5, 0.6) is 11.5 Å². The molecule has 1 N–H and O–H groups in total. The smallest absolute Gasteiger partial charge is 0.348 e. The second kappa shape index (κ2) is 4.38. The maximum absolute atomic E-state index is 11.8. The summed E-state index contributed by atoms with van der Waals surface area (Å²) in [5.74, 6) is 0.0808. The molecule has 0 amide bonds. The summed E-state index contributed by atoms with van der Waals surface area (Å²) < 4.78 is 28.7. The van der Waals surface area contributed by atoms with E-state index in [0.29, 0.717) is 0 Å². The monoisotopic (exact) mass is 270 g/mol. The molecule has 0 saturated carbocycles. The second-order valence-electron chi connectivity index (χ2n) is 3.47. The predicted molar refractivity (Wildman–Crippen MR) is 65.0 cm³/mol. The zero-order chi connectivity index (χ0) is 12.5. The number of hydrogen-bond acceptors (Lipinski definition) is 5. The Bertz CT molecular complexity index is 595. The molecule has 0 spiro atoms. The third-order valence-corrected chi connectivity index (χ3v) is 4.59. The Balaban J connectivity index is 2.33. The fourth-order valence-electron chi connectivity index (χ4n) is 1.35. The first-order chi connectivity index (χ1) is 7.97. The van der Waals surface area contributed by atoms with E-state index >= 15 is 0 Å². The normalized spacial score (nSPS) is 11.4. The van der Waals surface area contributed by atoms with Crippen molar-refractivity contribution >= 4 is 21.5 Å². The van der Waals surface area contributed by atoms with Gasteiger partial charge < -0.3 is 9.29 Å². The van der Waals surface area contributed by atoms with Crippen LogP contribution in [0.15, 0.2) is 39.9 Å². The van der Waals surface area contributed by atoms with Gasteiger partial charge in [0.05, 0.1) is 0 Å². The number of phenols is 1. The molecule has 0 bridgehead atoms. The van der Waals surface area contributed by atoms with Crippen LogP contribution in [0, 0.1) is 6.92 Å². The molecule has 0 atom stereocenters. The molecular formula is C11H10O4S2. The SMILES string of the molecule is Cc1cc(O)cc(OS(=O)(=O)c2cccs2)c1. The molecule has 0 aliphatic rings. The van der Waals surface area contributed by atoms with Crippen LogP contribution >= 0.6 is 11.3 Å². The maximum Gasteiger partial charge on any atom is 0.348 e. The topological polar surface area (TPSA) is 63.6 Å². The van der Waals surface area contributed by atoms with Crippen molar-refractivity contribution in [2.75, 3.05) is 0 Å². The minimum absolute atomic E-state index is 0.0265. The summed E-state index contributed by atoms with van der Waals surface area (Å²) in [4.78, 5) is 0. The van der Waals surface area contributed by atoms with Crippen molar-refractivity contribution in [3.8, 4) is 11.5 Å². The van der Waals surface area contributed by atoms with E-state index in [9.17, 15) is 13.5 Å². The molecule has 0 fully saturated rings. The zero-order valence-electron chi connectivity index (χ0n) is 8.95. The van der Waals surface area contributed by atoms with Gasteiger partial charge in [0.2, 0.25) is 0 Å². The number of benzene rings is 1. The highest BCUT2D eigenvalue weighted by molar-refractivity contribution is 7.89. The molecule has 6 heteroatoms. The minimum atomic E-state index is -3.80. The Morgan fingerprint density at radius 2 is 2.06 bits per heavy atom. The molecule has 1 aromatic carbocycles. The number of aromatic hydroxyl groups is 1. The lowest BCUT2D eigenvalue weighted by Gasteiger charge is -2.06. The van der Waals surface area contributed by atoms with Crippen LogP contribution in [0.4, 0.5) is 0 Å². The largest absolute Gasteiger partial charge is 0.508 e. The van der Waals surface area contributed by atoms with Gasteiger partial charge in [-0.25, -0.2) is 0 Å². The molecule has 90 valence electrons. The van der Waals surface area contributed by atoms with Gasteiger partial charge in [0.1, 0.15) is 11.5 Å². The lowest BCUT2D eigenvalue weighted by atomic mass is 10.2. The van der Waals surface area contributed by atoms with Crippen molar-refractivity contribution in [1.82, 2.24) is 0 Å². The van der Waals surface area contributed by atoms with Gasteiger partial charge in [-0.3, -0.25) is 0 Å². The van der Waals surface area contributed by atoms with Gasteiger partial charge in [-0.05, 0) is 36.1 Å². The fraction of sp³-hybridized carbons (Fsp3) is 0.0909. The first-order valence-corrected chi connectivity index (χ1v) is 7.05. The second-order valence-corrected chi connectivity index (χ2v) is 6.19. The Hall–Kier alpha value is -1.53. The molecule has 0 aliphatic heterocycles. The number of hydrogen-bond donors (Lipinski definition) is 1. The fourth-order valence-corrected chi connectivity index (χ4v) is 3.22. The Kier molecular flexibility index (Phi) is 3.08. The van der Waals surface area contributed by atoms with Gasteiger partial charge in [0.25, 0.3) is 0 Å². The summed E-state index contributed by atoms with van der Waals surface area (Å²) in [5, 5.41) is 11.0. The average Bonchev–Trinajstić information content (AvgIpc) is 2.67. The van der Waals surface area contributed by atoms with Crippen molar-refractivity contribution in [2.24, 2.45) is 0 Å². The number of rotatable bonds is 3. The van der Waals surface area contributed by atoms with Crippen LogP contribution in [-0.4, -0.2) is 13.5 Å². The van der Waals surface area contributed by atoms with E-state index in [1.807, 2.05) is 0 Å². The van der Waals surface area contributed by atoms with Gasteiger partial charge >= 0.3 is 10.1 Å². The van der Waals surface area contributed by atoms with Gasteiger partial charge in [0.15, 0.2) is 4.21 Å². The highest BCUT2D eigenvalue weighted by atomic mass is 32.3. The van der Waals surface area contributed by atoms with Gasteiger partial charge in [-0.15, -0.1) is 11.3 Å².